The fraction of sp³-hybridized carbons (Fsp3) is 0.0556. The summed E-state index contributed by atoms with van der Waals surface area (Å²) < 4.78 is 6.40. The summed E-state index contributed by atoms with van der Waals surface area (Å²) in [6.45, 7) is 0. The third-order valence-electron chi connectivity index (χ3n) is 3.88. The number of aromatic nitrogens is 3. The molecule has 7 heteroatoms. The zero-order chi connectivity index (χ0) is 17.4. The summed E-state index contributed by atoms with van der Waals surface area (Å²) in [7, 11) is 1.60. The molecule has 0 aliphatic carbocycles. The Bertz CT molecular complexity index is 1180. The molecular weight excluding hydrogens is 340 g/mol. The van der Waals surface area contributed by atoms with Crippen LogP contribution in [-0.4, -0.2) is 28.0 Å². The van der Waals surface area contributed by atoms with Gasteiger partial charge in [0.1, 0.15) is 23.1 Å². The second-order valence-electron chi connectivity index (χ2n) is 5.45. The van der Waals surface area contributed by atoms with Crippen molar-refractivity contribution < 1.29 is 4.74 Å². The van der Waals surface area contributed by atoms with Crippen molar-refractivity contribution in [3.05, 3.63) is 69.7 Å². The molecule has 0 saturated carbocycles. The van der Waals surface area contributed by atoms with Crippen LogP contribution in [0.25, 0.3) is 21.9 Å². The number of hydrogen-bond acceptors (Lipinski definition) is 4. The highest BCUT2D eigenvalue weighted by Gasteiger charge is 2.11. The van der Waals surface area contributed by atoms with E-state index < -0.39 is 0 Å². The molecule has 0 aliphatic heterocycles. The molecule has 0 unspecified atom stereocenters. The van der Waals surface area contributed by atoms with E-state index in [1.165, 1.54) is 11.0 Å². The van der Waals surface area contributed by atoms with E-state index in [4.69, 9.17) is 16.3 Å². The van der Waals surface area contributed by atoms with E-state index in [2.05, 4.69) is 15.1 Å². The first-order chi connectivity index (χ1) is 12.2. The van der Waals surface area contributed by atoms with Crippen LogP contribution in [0.5, 0.6) is 5.75 Å². The molecule has 2 heterocycles. The smallest absolute Gasteiger partial charge is 0.298 e. The van der Waals surface area contributed by atoms with Crippen molar-refractivity contribution in [3.8, 4) is 5.75 Å². The largest absolute Gasteiger partial charge is 0.497 e. The molecule has 0 spiro atoms. The molecule has 4 rings (SSSR count). The zero-order valence-electron chi connectivity index (χ0n) is 13.2. The lowest BCUT2D eigenvalue weighted by Crippen LogP contribution is -2.17. The van der Waals surface area contributed by atoms with Gasteiger partial charge in [-0.1, -0.05) is 23.7 Å². The van der Waals surface area contributed by atoms with E-state index in [-0.39, 0.29) is 5.56 Å². The number of rotatable bonds is 3. The van der Waals surface area contributed by atoms with Gasteiger partial charge in [-0.15, -0.1) is 0 Å². The Kier molecular flexibility index (Phi) is 3.74. The summed E-state index contributed by atoms with van der Waals surface area (Å²) in [5.74, 6) is 0.707. The van der Waals surface area contributed by atoms with Gasteiger partial charge >= 0.3 is 0 Å². The molecule has 0 amide bonds. The number of nitrogens with one attached hydrogen (secondary N) is 1. The maximum atomic E-state index is 12.7. The number of hydrogen-bond donors (Lipinski definition) is 1. The first-order valence-electron chi connectivity index (χ1n) is 7.53. The average molecular weight is 353 g/mol. The van der Waals surface area contributed by atoms with Crippen LogP contribution in [0.15, 0.2) is 58.7 Å². The first-order valence-corrected chi connectivity index (χ1v) is 7.90. The highest BCUT2D eigenvalue weighted by atomic mass is 35.5. The normalized spacial score (nSPS) is 11.6. The Balaban J connectivity index is 1.82. The van der Waals surface area contributed by atoms with Crippen LogP contribution in [0.1, 0.15) is 5.56 Å². The first kappa shape index (κ1) is 15.4. The fourth-order valence-electron chi connectivity index (χ4n) is 2.66. The Morgan fingerprint density at radius 1 is 1.28 bits per heavy atom. The number of aromatic amines is 1. The summed E-state index contributed by atoms with van der Waals surface area (Å²) in [5, 5.41) is 5.65. The standard InChI is InChI=1S/C18H13ClN4O2/c1-25-13-5-6-14-15(8-13)22-17-16(14)20-10-23(18(17)24)21-9-11-3-2-4-12(19)7-11/h2-10,22H,1H3. The molecule has 6 nitrogen and oxygen atoms in total. The number of fused-ring (bicyclic) bond motifs is 3. The van der Waals surface area contributed by atoms with E-state index in [1.807, 2.05) is 30.3 Å². The van der Waals surface area contributed by atoms with Crippen LogP contribution < -0.4 is 10.3 Å². The third kappa shape index (κ3) is 2.77. The highest BCUT2D eigenvalue weighted by molar-refractivity contribution is 6.30. The molecule has 2 aromatic heterocycles. The molecule has 0 radical (unpaired) electrons. The number of methoxy groups -OCH3 is 1. The maximum Gasteiger partial charge on any atom is 0.298 e. The Labute approximate surface area is 147 Å². The van der Waals surface area contributed by atoms with Crippen LogP contribution in [0.2, 0.25) is 5.02 Å². The van der Waals surface area contributed by atoms with Gasteiger partial charge in [0, 0.05) is 16.5 Å². The quantitative estimate of drug-likeness (QED) is 0.574. The Morgan fingerprint density at radius 2 is 2.16 bits per heavy atom. The summed E-state index contributed by atoms with van der Waals surface area (Å²) >= 11 is 5.95. The average Bonchev–Trinajstić information content (AvgIpc) is 3.00. The lowest BCUT2D eigenvalue weighted by atomic mass is 10.2. The van der Waals surface area contributed by atoms with Crippen LogP contribution in [0, 0.1) is 0 Å². The van der Waals surface area contributed by atoms with Crippen LogP contribution in [0.4, 0.5) is 0 Å². The molecule has 124 valence electrons. The second kappa shape index (κ2) is 6.07. The summed E-state index contributed by atoms with van der Waals surface area (Å²) in [4.78, 5) is 20.1. The molecule has 0 bridgehead atoms. The van der Waals surface area contributed by atoms with Crippen molar-refractivity contribution in [2.45, 2.75) is 0 Å². The summed E-state index contributed by atoms with van der Waals surface area (Å²) in [6, 6.07) is 12.7. The van der Waals surface area contributed by atoms with Gasteiger partial charge in [0.2, 0.25) is 0 Å². The van der Waals surface area contributed by atoms with Gasteiger partial charge < -0.3 is 9.72 Å². The number of benzene rings is 2. The van der Waals surface area contributed by atoms with Gasteiger partial charge in [-0.25, -0.2) is 4.98 Å². The van der Waals surface area contributed by atoms with Crippen molar-refractivity contribution in [1.29, 1.82) is 0 Å². The van der Waals surface area contributed by atoms with Crippen molar-refractivity contribution in [3.63, 3.8) is 0 Å². The van der Waals surface area contributed by atoms with Crippen molar-refractivity contribution >= 4 is 39.8 Å². The topological polar surface area (TPSA) is 72.3 Å². The number of H-pyrrole nitrogens is 1. The molecule has 2 aromatic carbocycles. The van der Waals surface area contributed by atoms with E-state index in [0.29, 0.717) is 21.8 Å². The monoisotopic (exact) mass is 352 g/mol. The van der Waals surface area contributed by atoms with Crippen LogP contribution >= 0.6 is 11.6 Å². The minimum Gasteiger partial charge on any atom is -0.497 e. The van der Waals surface area contributed by atoms with Crippen molar-refractivity contribution in [2.75, 3.05) is 7.11 Å². The van der Waals surface area contributed by atoms with Crippen molar-refractivity contribution in [1.82, 2.24) is 14.6 Å². The van der Waals surface area contributed by atoms with Crippen LogP contribution in [0.3, 0.4) is 0 Å². The van der Waals surface area contributed by atoms with Gasteiger partial charge in [0.15, 0.2) is 0 Å². The van der Waals surface area contributed by atoms with E-state index in [1.54, 1.807) is 25.5 Å². The van der Waals surface area contributed by atoms with Gasteiger partial charge in [-0.05, 0) is 29.8 Å². The number of nitrogens with zero attached hydrogens (tertiary/aromatic N) is 3. The van der Waals surface area contributed by atoms with Gasteiger partial charge in [0.25, 0.3) is 5.56 Å². The molecule has 1 N–H and O–H groups in total. The van der Waals surface area contributed by atoms with Gasteiger partial charge in [-0.2, -0.15) is 9.78 Å². The van der Waals surface area contributed by atoms with Gasteiger partial charge in [-0.3, -0.25) is 4.79 Å². The lowest BCUT2D eigenvalue weighted by molar-refractivity contribution is 0.415. The highest BCUT2D eigenvalue weighted by Crippen LogP contribution is 2.25. The second-order valence-corrected chi connectivity index (χ2v) is 5.89. The maximum absolute atomic E-state index is 12.7. The van der Waals surface area contributed by atoms with Gasteiger partial charge in [0.05, 0.1) is 18.8 Å². The minimum atomic E-state index is -0.279. The van der Waals surface area contributed by atoms with E-state index >= 15 is 0 Å². The molecular formula is C18H13ClN4O2. The predicted molar refractivity (Wildman–Crippen MR) is 98.9 cm³/mol. The lowest BCUT2D eigenvalue weighted by Gasteiger charge is -1.98. The van der Waals surface area contributed by atoms with Crippen LogP contribution in [-0.2, 0) is 0 Å². The fourth-order valence-corrected chi connectivity index (χ4v) is 2.85. The number of ether oxygens (including phenoxy) is 1. The number of halogens is 1. The SMILES string of the molecule is COc1ccc2c(c1)[nH]c1c(=O)n(N=Cc3cccc(Cl)c3)cnc12. The third-order valence-corrected chi connectivity index (χ3v) is 4.11. The summed E-state index contributed by atoms with van der Waals surface area (Å²) in [5.41, 5.74) is 2.31. The molecule has 0 aliphatic rings. The van der Waals surface area contributed by atoms with E-state index in [0.717, 1.165) is 16.5 Å². The molecule has 4 aromatic rings. The molecule has 0 saturated heterocycles. The molecule has 0 atom stereocenters. The molecule has 0 fully saturated rings. The predicted octanol–water partition coefficient (Wildman–Crippen LogP) is 3.42. The van der Waals surface area contributed by atoms with E-state index in [9.17, 15) is 4.79 Å². The molecule has 25 heavy (non-hydrogen) atoms. The Morgan fingerprint density at radius 3 is 2.96 bits per heavy atom. The zero-order valence-corrected chi connectivity index (χ0v) is 14.0. The summed E-state index contributed by atoms with van der Waals surface area (Å²) in [6.07, 6.45) is 2.97. The Hall–Kier alpha value is -3.12. The minimum absolute atomic E-state index is 0.279. The van der Waals surface area contributed by atoms with Crippen molar-refractivity contribution in [2.24, 2.45) is 5.10 Å².